The minimum absolute atomic E-state index is 0.0968. The first-order chi connectivity index (χ1) is 6.11. The van der Waals surface area contributed by atoms with Crippen LogP contribution in [0.3, 0.4) is 0 Å². The Balaban J connectivity index is 2.30. The summed E-state index contributed by atoms with van der Waals surface area (Å²) in [5.74, 6) is 0.723. The van der Waals surface area contributed by atoms with E-state index in [4.69, 9.17) is 4.74 Å². The molecule has 1 fully saturated rings. The van der Waals surface area contributed by atoms with Crippen LogP contribution in [0.5, 0.6) is 0 Å². The van der Waals surface area contributed by atoms with Crippen molar-refractivity contribution in [2.45, 2.75) is 33.0 Å². The lowest BCUT2D eigenvalue weighted by atomic mass is 9.84. The summed E-state index contributed by atoms with van der Waals surface area (Å²) in [5.41, 5.74) is 0.680. The minimum Gasteiger partial charge on any atom is -0.441 e. The van der Waals surface area contributed by atoms with Crippen molar-refractivity contribution in [2.75, 3.05) is 0 Å². The predicted octanol–water partition coefficient (Wildman–Crippen LogP) is 2.20. The first-order valence-electron chi connectivity index (χ1n) is 4.82. The van der Waals surface area contributed by atoms with E-state index in [1.165, 1.54) is 0 Å². The van der Waals surface area contributed by atoms with E-state index in [9.17, 15) is 9.50 Å². The number of aliphatic hydroxyl groups excluding tert-OH is 1. The quantitative estimate of drug-likeness (QED) is 0.628. The number of aliphatic hydroxyl groups is 1. The van der Waals surface area contributed by atoms with E-state index in [2.05, 4.69) is 6.92 Å². The van der Waals surface area contributed by atoms with Gasteiger partial charge in [0.1, 0.15) is 0 Å². The lowest BCUT2D eigenvalue weighted by molar-refractivity contribution is -0.150. The zero-order valence-corrected chi connectivity index (χ0v) is 7.96. The van der Waals surface area contributed by atoms with Crippen LogP contribution in [0.2, 0.25) is 0 Å². The Morgan fingerprint density at radius 1 is 1.46 bits per heavy atom. The van der Waals surface area contributed by atoms with Crippen LogP contribution in [-0.2, 0) is 4.74 Å². The van der Waals surface area contributed by atoms with Crippen LogP contribution in [0.4, 0.5) is 4.39 Å². The molecular formula is C10H15FO2. The Labute approximate surface area is 77.4 Å². The third kappa shape index (κ3) is 1.26. The van der Waals surface area contributed by atoms with E-state index in [1.54, 1.807) is 6.92 Å². The summed E-state index contributed by atoms with van der Waals surface area (Å²) in [6.07, 6.45) is 1.09. The molecule has 13 heavy (non-hydrogen) atoms. The highest BCUT2D eigenvalue weighted by atomic mass is 19.1. The van der Waals surface area contributed by atoms with Crippen LogP contribution in [0, 0.1) is 17.8 Å². The van der Waals surface area contributed by atoms with Crippen molar-refractivity contribution >= 4 is 0 Å². The molecule has 1 aliphatic heterocycles. The number of allylic oxidation sites excluding steroid dienone is 1. The number of rotatable bonds is 0. The summed E-state index contributed by atoms with van der Waals surface area (Å²) in [7, 11) is 0. The summed E-state index contributed by atoms with van der Waals surface area (Å²) >= 11 is 0. The highest BCUT2D eigenvalue weighted by molar-refractivity contribution is 5.13. The summed E-state index contributed by atoms with van der Waals surface area (Å²) in [6, 6.07) is -0.567. The molecule has 0 saturated heterocycles. The standard InChI is InChI=1S/C10H15FO2/c1-5-3-4-7-6(2)9(11)13-10(12)8(5)7/h5,7-8,10,12H,3-4H2,1-2H3/t5-,7+,8+,10+/m0/s1. The van der Waals surface area contributed by atoms with Gasteiger partial charge in [0.05, 0.1) is 0 Å². The number of halogens is 1. The smallest absolute Gasteiger partial charge is 0.274 e. The van der Waals surface area contributed by atoms with Gasteiger partial charge in [-0.15, -0.1) is 0 Å². The monoisotopic (exact) mass is 186 g/mol. The summed E-state index contributed by atoms with van der Waals surface area (Å²) in [4.78, 5) is 0. The predicted molar refractivity (Wildman–Crippen MR) is 46.3 cm³/mol. The van der Waals surface area contributed by atoms with E-state index in [1.807, 2.05) is 0 Å². The van der Waals surface area contributed by atoms with Crippen molar-refractivity contribution < 1.29 is 14.2 Å². The van der Waals surface area contributed by atoms with Crippen LogP contribution in [0.25, 0.3) is 0 Å². The summed E-state index contributed by atoms with van der Waals surface area (Å²) in [6.45, 7) is 3.85. The third-order valence-corrected chi connectivity index (χ3v) is 3.47. The molecule has 0 aromatic carbocycles. The molecule has 4 atom stereocenters. The van der Waals surface area contributed by atoms with Gasteiger partial charge >= 0.3 is 0 Å². The molecule has 3 heteroatoms. The van der Waals surface area contributed by atoms with Crippen LogP contribution < -0.4 is 0 Å². The Morgan fingerprint density at radius 3 is 2.85 bits per heavy atom. The number of hydrogen-bond acceptors (Lipinski definition) is 2. The van der Waals surface area contributed by atoms with Gasteiger partial charge in [0.25, 0.3) is 6.01 Å². The number of ether oxygens (including phenoxy) is 1. The van der Waals surface area contributed by atoms with Crippen LogP contribution >= 0.6 is 0 Å². The Hall–Kier alpha value is -0.570. The van der Waals surface area contributed by atoms with E-state index in [0.29, 0.717) is 11.5 Å². The van der Waals surface area contributed by atoms with E-state index < -0.39 is 12.3 Å². The van der Waals surface area contributed by atoms with Gasteiger partial charge in [-0.1, -0.05) is 6.92 Å². The lowest BCUT2D eigenvalue weighted by Crippen LogP contribution is -2.34. The Morgan fingerprint density at radius 2 is 2.15 bits per heavy atom. The maximum atomic E-state index is 13.1. The van der Waals surface area contributed by atoms with Gasteiger partial charge in [-0.2, -0.15) is 4.39 Å². The van der Waals surface area contributed by atoms with Crippen LogP contribution in [0.1, 0.15) is 26.7 Å². The van der Waals surface area contributed by atoms with Crippen molar-refractivity contribution in [3.8, 4) is 0 Å². The maximum Gasteiger partial charge on any atom is 0.274 e. The average Bonchev–Trinajstić information content (AvgIpc) is 2.44. The Kier molecular flexibility index (Phi) is 2.06. The van der Waals surface area contributed by atoms with Crippen molar-refractivity contribution in [1.29, 1.82) is 0 Å². The lowest BCUT2D eigenvalue weighted by Gasteiger charge is -2.32. The van der Waals surface area contributed by atoms with Gasteiger partial charge in [0.15, 0.2) is 0 Å². The van der Waals surface area contributed by atoms with E-state index >= 15 is 0 Å². The first kappa shape index (κ1) is 9.00. The molecule has 0 unspecified atom stereocenters. The second-order valence-corrected chi connectivity index (χ2v) is 4.20. The Bertz CT molecular complexity index is 249. The molecule has 2 rings (SSSR count). The fourth-order valence-corrected chi connectivity index (χ4v) is 2.63. The molecule has 1 aliphatic carbocycles. The molecule has 0 amide bonds. The van der Waals surface area contributed by atoms with Gasteiger partial charge in [-0.25, -0.2) is 0 Å². The van der Waals surface area contributed by atoms with Crippen LogP contribution in [0.15, 0.2) is 11.6 Å². The highest BCUT2D eigenvalue weighted by Crippen LogP contribution is 2.47. The summed E-state index contributed by atoms with van der Waals surface area (Å²) in [5, 5.41) is 9.54. The van der Waals surface area contributed by atoms with Crippen LogP contribution in [-0.4, -0.2) is 11.4 Å². The number of fused-ring (bicyclic) bond motifs is 1. The molecule has 74 valence electrons. The zero-order chi connectivity index (χ0) is 9.59. The topological polar surface area (TPSA) is 29.5 Å². The molecule has 0 aromatic heterocycles. The van der Waals surface area contributed by atoms with Crippen molar-refractivity contribution in [3.05, 3.63) is 11.6 Å². The molecule has 2 aliphatic rings. The van der Waals surface area contributed by atoms with Crippen molar-refractivity contribution in [3.63, 3.8) is 0 Å². The minimum atomic E-state index is -0.939. The average molecular weight is 186 g/mol. The van der Waals surface area contributed by atoms with Gasteiger partial charge in [-0.05, 0) is 31.6 Å². The van der Waals surface area contributed by atoms with Gasteiger partial charge in [0.2, 0.25) is 6.29 Å². The number of hydrogen-bond donors (Lipinski definition) is 1. The molecule has 2 nitrogen and oxygen atoms in total. The molecule has 1 saturated carbocycles. The van der Waals surface area contributed by atoms with Crippen molar-refractivity contribution in [2.24, 2.45) is 17.8 Å². The maximum absolute atomic E-state index is 13.1. The SMILES string of the molecule is CC1=C(F)O[C@@H](O)[C@H]2[C@@H]1CC[C@@H]2C. The second-order valence-electron chi connectivity index (χ2n) is 4.20. The molecule has 0 spiro atoms. The van der Waals surface area contributed by atoms with Gasteiger partial charge in [-0.3, -0.25) is 0 Å². The normalized spacial score (nSPS) is 44.6. The van der Waals surface area contributed by atoms with E-state index in [0.717, 1.165) is 12.8 Å². The van der Waals surface area contributed by atoms with Gasteiger partial charge in [0, 0.05) is 11.5 Å². The molecule has 0 aromatic rings. The highest BCUT2D eigenvalue weighted by Gasteiger charge is 2.44. The fraction of sp³-hybridized carbons (Fsp3) is 0.800. The van der Waals surface area contributed by atoms with Gasteiger partial charge < -0.3 is 9.84 Å². The molecule has 1 heterocycles. The second kappa shape index (κ2) is 2.98. The van der Waals surface area contributed by atoms with Crippen molar-refractivity contribution in [1.82, 2.24) is 0 Å². The molecule has 0 radical (unpaired) electrons. The summed E-state index contributed by atoms with van der Waals surface area (Å²) < 4.78 is 17.8. The molecular weight excluding hydrogens is 171 g/mol. The molecule has 0 bridgehead atoms. The molecule has 1 N–H and O–H groups in total. The largest absolute Gasteiger partial charge is 0.441 e. The third-order valence-electron chi connectivity index (χ3n) is 3.47. The van der Waals surface area contributed by atoms with E-state index in [-0.39, 0.29) is 11.8 Å². The zero-order valence-electron chi connectivity index (χ0n) is 7.96. The fourth-order valence-electron chi connectivity index (χ4n) is 2.63. The first-order valence-corrected chi connectivity index (χ1v) is 4.82.